The van der Waals surface area contributed by atoms with E-state index in [2.05, 4.69) is 30.6 Å². The monoisotopic (exact) mass is 472 g/mol. The number of amides is 1. The molecule has 2 heterocycles. The van der Waals surface area contributed by atoms with Crippen molar-refractivity contribution in [2.24, 2.45) is 4.99 Å². The lowest BCUT2D eigenvalue weighted by molar-refractivity contribution is -0.121. The lowest BCUT2D eigenvalue weighted by atomic mass is 10.1. The highest BCUT2D eigenvalue weighted by molar-refractivity contribution is 6.03. The molecule has 0 bridgehead atoms. The first-order valence-corrected chi connectivity index (χ1v) is 11.3. The van der Waals surface area contributed by atoms with E-state index in [9.17, 15) is 4.79 Å². The Bertz CT molecular complexity index is 1310. The summed E-state index contributed by atoms with van der Waals surface area (Å²) in [5, 5.41) is 6.89. The minimum atomic E-state index is -0.346. The number of ether oxygens (including phenoxy) is 2. The zero-order valence-electron chi connectivity index (χ0n) is 20.0. The molecule has 4 aromatic rings. The number of H-pyrrole nitrogens is 1. The van der Waals surface area contributed by atoms with E-state index in [1.165, 1.54) is 0 Å². The SMILES string of the molecule is COc1ccc2[nH]cc(CCN=C(NC(=O)COc3ccccc3)Nc3nc(C)cc(C)n3)c2c1. The molecule has 2 aromatic carbocycles. The molecule has 0 aliphatic rings. The zero-order chi connectivity index (χ0) is 24.6. The van der Waals surface area contributed by atoms with Gasteiger partial charge in [0, 0.05) is 35.0 Å². The van der Waals surface area contributed by atoms with Gasteiger partial charge in [-0.2, -0.15) is 0 Å². The molecule has 0 spiro atoms. The van der Waals surface area contributed by atoms with Crippen LogP contribution in [0.1, 0.15) is 17.0 Å². The highest BCUT2D eigenvalue weighted by atomic mass is 16.5. The molecule has 0 fully saturated rings. The number of methoxy groups -OCH3 is 1. The van der Waals surface area contributed by atoms with Crippen LogP contribution in [0.25, 0.3) is 10.9 Å². The third kappa shape index (κ3) is 6.57. The summed E-state index contributed by atoms with van der Waals surface area (Å²) < 4.78 is 10.9. The van der Waals surface area contributed by atoms with E-state index in [-0.39, 0.29) is 18.5 Å². The third-order valence-electron chi connectivity index (χ3n) is 5.21. The Kier molecular flexibility index (Phi) is 7.57. The summed E-state index contributed by atoms with van der Waals surface area (Å²) in [4.78, 5) is 29.2. The Balaban J connectivity index is 1.47. The summed E-state index contributed by atoms with van der Waals surface area (Å²) in [7, 11) is 1.65. The number of benzene rings is 2. The molecule has 0 saturated heterocycles. The smallest absolute Gasteiger partial charge is 0.264 e. The summed E-state index contributed by atoms with van der Waals surface area (Å²) in [5.74, 6) is 1.68. The predicted molar refractivity (Wildman–Crippen MR) is 136 cm³/mol. The number of carbonyl (C=O) groups is 1. The summed E-state index contributed by atoms with van der Waals surface area (Å²) in [6, 6.07) is 16.9. The summed E-state index contributed by atoms with van der Waals surface area (Å²) in [5.41, 5.74) is 3.75. The van der Waals surface area contributed by atoms with E-state index in [1.807, 2.05) is 62.5 Å². The molecule has 0 unspecified atom stereocenters. The normalized spacial score (nSPS) is 11.3. The Labute approximate surface area is 203 Å². The van der Waals surface area contributed by atoms with Gasteiger partial charge < -0.3 is 14.5 Å². The van der Waals surface area contributed by atoms with Crippen molar-refractivity contribution in [3.63, 3.8) is 0 Å². The number of hydrogen-bond acceptors (Lipinski definition) is 6. The average molecular weight is 473 g/mol. The van der Waals surface area contributed by atoms with Gasteiger partial charge in [-0.15, -0.1) is 0 Å². The van der Waals surface area contributed by atoms with Gasteiger partial charge in [-0.1, -0.05) is 18.2 Å². The number of fused-ring (bicyclic) bond motifs is 1. The first-order valence-electron chi connectivity index (χ1n) is 11.3. The predicted octanol–water partition coefficient (Wildman–Crippen LogP) is 3.79. The van der Waals surface area contributed by atoms with Crippen molar-refractivity contribution in [2.75, 3.05) is 25.6 Å². The van der Waals surface area contributed by atoms with Gasteiger partial charge in [-0.05, 0) is 62.2 Å². The van der Waals surface area contributed by atoms with Crippen LogP contribution in [0.5, 0.6) is 11.5 Å². The minimum Gasteiger partial charge on any atom is -0.497 e. The lowest BCUT2D eigenvalue weighted by Crippen LogP contribution is -2.39. The van der Waals surface area contributed by atoms with Gasteiger partial charge in [-0.3, -0.25) is 20.4 Å². The molecule has 0 atom stereocenters. The molecule has 1 amide bonds. The molecule has 0 aliphatic carbocycles. The minimum absolute atomic E-state index is 0.152. The molecule has 0 saturated carbocycles. The van der Waals surface area contributed by atoms with E-state index in [0.717, 1.165) is 33.6 Å². The van der Waals surface area contributed by atoms with Crippen LogP contribution < -0.4 is 20.1 Å². The molecule has 180 valence electrons. The number of nitrogens with one attached hydrogen (secondary N) is 3. The van der Waals surface area contributed by atoms with Crippen molar-refractivity contribution >= 4 is 28.7 Å². The number of nitrogens with zero attached hydrogens (tertiary/aromatic N) is 3. The Hall–Kier alpha value is -4.40. The maximum atomic E-state index is 12.6. The van der Waals surface area contributed by atoms with E-state index in [1.54, 1.807) is 19.2 Å². The number of hydrogen-bond donors (Lipinski definition) is 3. The van der Waals surface area contributed by atoms with Crippen LogP contribution in [0.3, 0.4) is 0 Å². The number of carbonyl (C=O) groups excluding carboxylic acids is 1. The fourth-order valence-corrected chi connectivity index (χ4v) is 3.61. The van der Waals surface area contributed by atoms with E-state index < -0.39 is 0 Å². The highest BCUT2D eigenvalue weighted by Gasteiger charge is 2.11. The van der Waals surface area contributed by atoms with Gasteiger partial charge in [0.15, 0.2) is 6.61 Å². The molecule has 0 radical (unpaired) electrons. The van der Waals surface area contributed by atoms with Crippen molar-refractivity contribution in [2.45, 2.75) is 20.3 Å². The number of rotatable bonds is 8. The summed E-state index contributed by atoms with van der Waals surface area (Å²) >= 11 is 0. The van der Waals surface area contributed by atoms with Crippen LogP contribution in [0.2, 0.25) is 0 Å². The third-order valence-corrected chi connectivity index (χ3v) is 5.21. The van der Waals surface area contributed by atoms with Crippen LogP contribution in [-0.2, 0) is 11.2 Å². The largest absolute Gasteiger partial charge is 0.497 e. The second-order valence-corrected chi connectivity index (χ2v) is 7.95. The van der Waals surface area contributed by atoms with Crippen LogP contribution in [0.4, 0.5) is 5.95 Å². The van der Waals surface area contributed by atoms with Crippen LogP contribution in [0, 0.1) is 13.8 Å². The molecule has 3 N–H and O–H groups in total. The average Bonchev–Trinajstić information content (AvgIpc) is 3.25. The van der Waals surface area contributed by atoms with Crippen LogP contribution in [-0.4, -0.2) is 47.1 Å². The van der Waals surface area contributed by atoms with Crippen molar-refractivity contribution in [3.8, 4) is 11.5 Å². The van der Waals surface area contributed by atoms with Gasteiger partial charge >= 0.3 is 0 Å². The number of aliphatic imine (C=N–C) groups is 1. The fourth-order valence-electron chi connectivity index (χ4n) is 3.61. The lowest BCUT2D eigenvalue weighted by Gasteiger charge is -2.12. The molecule has 35 heavy (non-hydrogen) atoms. The molecule has 0 aliphatic heterocycles. The number of aromatic nitrogens is 3. The van der Waals surface area contributed by atoms with Gasteiger partial charge in [0.25, 0.3) is 5.91 Å². The first kappa shape index (κ1) is 23.7. The second kappa shape index (κ2) is 11.1. The highest BCUT2D eigenvalue weighted by Crippen LogP contribution is 2.24. The van der Waals surface area contributed by atoms with Crippen LogP contribution >= 0.6 is 0 Å². The second-order valence-electron chi connectivity index (χ2n) is 7.95. The molecule has 2 aromatic heterocycles. The number of aryl methyl sites for hydroxylation is 2. The number of aromatic amines is 1. The van der Waals surface area contributed by atoms with Crippen molar-refractivity contribution in [3.05, 3.63) is 77.7 Å². The molecular weight excluding hydrogens is 444 g/mol. The maximum absolute atomic E-state index is 12.6. The quantitative estimate of drug-likeness (QED) is 0.266. The van der Waals surface area contributed by atoms with Crippen molar-refractivity contribution < 1.29 is 14.3 Å². The van der Waals surface area contributed by atoms with Gasteiger partial charge in [0.05, 0.1) is 7.11 Å². The molecule has 9 heteroatoms. The van der Waals surface area contributed by atoms with Gasteiger partial charge in [-0.25, -0.2) is 9.97 Å². The maximum Gasteiger partial charge on any atom is 0.264 e. The van der Waals surface area contributed by atoms with E-state index in [0.29, 0.717) is 24.7 Å². The van der Waals surface area contributed by atoms with Crippen LogP contribution in [0.15, 0.2) is 65.8 Å². The van der Waals surface area contributed by atoms with Crippen molar-refractivity contribution in [1.82, 2.24) is 20.3 Å². The molecule has 9 nitrogen and oxygen atoms in total. The Morgan fingerprint density at radius 3 is 2.54 bits per heavy atom. The topological polar surface area (TPSA) is 114 Å². The zero-order valence-corrected chi connectivity index (χ0v) is 20.0. The molecular formula is C26H28N6O3. The summed E-state index contributed by atoms with van der Waals surface area (Å²) in [6.07, 6.45) is 2.62. The van der Waals surface area contributed by atoms with Crippen molar-refractivity contribution in [1.29, 1.82) is 0 Å². The van der Waals surface area contributed by atoms with Gasteiger partial charge in [0.1, 0.15) is 11.5 Å². The number of anilines is 1. The molecule has 4 rings (SSSR count). The Morgan fingerprint density at radius 1 is 1.03 bits per heavy atom. The van der Waals surface area contributed by atoms with E-state index >= 15 is 0 Å². The van der Waals surface area contributed by atoms with Gasteiger partial charge in [0.2, 0.25) is 11.9 Å². The number of para-hydroxylation sites is 1. The Morgan fingerprint density at radius 2 is 1.80 bits per heavy atom. The summed E-state index contributed by atoms with van der Waals surface area (Å²) in [6.45, 7) is 4.04. The number of guanidine groups is 1. The standard InChI is InChI=1S/C26H28N6O3/c1-17-13-18(2)30-26(29-17)32-25(31-24(33)16-35-20-7-5-4-6-8-20)27-12-11-19-15-28-23-10-9-21(34-3)14-22(19)23/h4-10,13-15,28H,11-12,16H2,1-3H3,(H2,27,29,30,31,32,33). The van der Waals surface area contributed by atoms with E-state index in [4.69, 9.17) is 9.47 Å². The fraction of sp³-hybridized carbons (Fsp3) is 0.231. The first-order chi connectivity index (χ1) is 17.0.